The lowest BCUT2D eigenvalue weighted by molar-refractivity contribution is 0.713. The topological polar surface area (TPSA) is 56.7 Å². The summed E-state index contributed by atoms with van der Waals surface area (Å²) in [7, 11) is 0. The fourth-order valence-corrected chi connectivity index (χ4v) is 3.46. The van der Waals surface area contributed by atoms with Gasteiger partial charge >= 0.3 is 0 Å². The highest BCUT2D eigenvalue weighted by Crippen LogP contribution is 2.39. The molecule has 102 valence electrons. The number of fused-ring (bicyclic) bond motifs is 1. The van der Waals surface area contributed by atoms with E-state index in [4.69, 9.17) is 10.7 Å². The minimum Gasteiger partial charge on any atom is -0.375 e. The Morgan fingerprint density at radius 2 is 2.20 bits per heavy atom. The van der Waals surface area contributed by atoms with Crippen molar-refractivity contribution in [2.24, 2.45) is 0 Å². The van der Waals surface area contributed by atoms with Crippen LogP contribution in [0.25, 0.3) is 11.0 Å². The summed E-state index contributed by atoms with van der Waals surface area (Å²) in [6, 6.07) is 6.90. The van der Waals surface area contributed by atoms with E-state index in [0.29, 0.717) is 11.2 Å². The SMILES string of the molecule is Nc1nc(Cc2nc3cc(Br)ccc3n2C2CC2)cs1. The molecule has 6 heteroatoms. The van der Waals surface area contributed by atoms with Gasteiger partial charge < -0.3 is 10.3 Å². The van der Waals surface area contributed by atoms with E-state index in [1.54, 1.807) is 0 Å². The van der Waals surface area contributed by atoms with Gasteiger partial charge in [0, 0.05) is 22.3 Å². The second-order valence-corrected chi connectivity index (χ2v) is 6.92. The zero-order chi connectivity index (χ0) is 13.7. The zero-order valence-corrected chi connectivity index (χ0v) is 13.1. The molecule has 1 saturated carbocycles. The molecule has 1 aliphatic carbocycles. The molecule has 3 aromatic rings. The number of nitrogen functional groups attached to an aromatic ring is 1. The van der Waals surface area contributed by atoms with Crippen LogP contribution in [0.3, 0.4) is 0 Å². The summed E-state index contributed by atoms with van der Waals surface area (Å²) in [5, 5.41) is 2.64. The van der Waals surface area contributed by atoms with Crippen LogP contribution in [-0.2, 0) is 6.42 Å². The lowest BCUT2D eigenvalue weighted by atomic mass is 10.3. The normalized spacial score (nSPS) is 15.1. The van der Waals surface area contributed by atoms with Crippen molar-refractivity contribution in [3.8, 4) is 0 Å². The minimum absolute atomic E-state index is 0.604. The molecule has 20 heavy (non-hydrogen) atoms. The van der Waals surface area contributed by atoms with Crippen molar-refractivity contribution in [3.63, 3.8) is 0 Å². The van der Waals surface area contributed by atoms with Gasteiger partial charge in [0.15, 0.2) is 5.13 Å². The van der Waals surface area contributed by atoms with Gasteiger partial charge in [-0.3, -0.25) is 0 Å². The van der Waals surface area contributed by atoms with Crippen LogP contribution in [0.2, 0.25) is 0 Å². The van der Waals surface area contributed by atoms with E-state index in [9.17, 15) is 0 Å². The van der Waals surface area contributed by atoms with Crippen LogP contribution >= 0.6 is 27.3 Å². The fourth-order valence-electron chi connectivity index (χ4n) is 2.55. The van der Waals surface area contributed by atoms with Gasteiger partial charge in [0.2, 0.25) is 0 Å². The quantitative estimate of drug-likeness (QED) is 0.783. The van der Waals surface area contributed by atoms with E-state index in [1.807, 2.05) is 5.38 Å². The van der Waals surface area contributed by atoms with E-state index in [2.05, 4.69) is 43.7 Å². The van der Waals surface area contributed by atoms with Gasteiger partial charge in [0.05, 0.1) is 16.7 Å². The Bertz CT molecular complexity index is 788. The third-order valence-corrected chi connectivity index (χ3v) is 4.76. The molecular formula is C14H13BrN4S. The van der Waals surface area contributed by atoms with Crippen molar-refractivity contribution in [2.45, 2.75) is 25.3 Å². The largest absolute Gasteiger partial charge is 0.375 e. The van der Waals surface area contributed by atoms with E-state index < -0.39 is 0 Å². The maximum atomic E-state index is 5.71. The number of imidazole rings is 1. The third-order valence-electron chi connectivity index (χ3n) is 3.55. The first-order chi connectivity index (χ1) is 9.70. The predicted octanol–water partition coefficient (Wildman–Crippen LogP) is 3.76. The number of thiazole rings is 1. The molecule has 1 fully saturated rings. The van der Waals surface area contributed by atoms with Crippen molar-refractivity contribution in [3.05, 3.63) is 39.6 Å². The summed E-state index contributed by atoms with van der Waals surface area (Å²) in [6.45, 7) is 0. The Hall–Kier alpha value is -1.40. The van der Waals surface area contributed by atoms with Crippen LogP contribution in [0, 0.1) is 0 Å². The highest BCUT2D eigenvalue weighted by atomic mass is 79.9. The first-order valence-corrected chi connectivity index (χ1v) is 8.24. The molecule has 0 saturated heterocycles. The molecule has 2 N–H and O–H groups in total. The molecule has 1 aromatic carbocycles. The lowest BCUT2D eigenvalue weighted by Crippen LogP contribution is -2.03. The molecule has 0 spiro atoms. The van der Waals surface area contributed by atoms with Gasteiger partial charge in [0.1, 0.15) is 5.82 Å². The number of hydrogen-bond acceptors (Lipinski definition) is 4. The summed E-state index contributed by atoms with van der Waals surface area (Å²) in [6.07, 6.45) is 3.23. The maximum absolute atomic E-state index is 5.71. The molecule has 0 bridgehead atoms. The summed E-state index contributed by atoms with van der Waals surface area (Å²) < 4.78 is 3.44. The Kier molecular flexibility index (Phi) is 2.82. The van der Waals surface area contributed by atoms with Crippen LogP contribution in [-0.4, -0.2) is 14.5 Å². The molecule has 0 radical (unpaired) electrons. The van der Waals surface area contributed by atoms with E-state index in [-0.39, 0.29) is 0 Å². The summed E-state index contributed by atoms with van der Waals surface area (Å²) in [5.74, 6) is 1.09. The molecular weight excluding hydrogens is 336 g/mol. The smallest absolute Gasteiger partial charge is 0.180 e. The highest BCUT2D eigenvalue weighted by Gasteiger charge is 2.28. The first kappa shape index (κ1) is 12.3. The van der Waals surface area contributed by atoms with E-state index in [0.717, 1.165) is 27.9 Å². The Balaban J connectivity index is 1.83. The molecule has 0 amide bonds. The Morgan fingerprint density at radius 3 is 2.90 bits per heavy atom. The second kappa shape index (κ2) is 4.56. The summed E-state index contributed by atoms with van der Waals surface area (Å²) >= 11 is 5.00. The number of rotatable bonds is 3. The van der Waals surface area contributed by atoms with Crippen LogP contribution in [0.4, 0.5) is 5.13 Å². The van der Waals surface area contributed by atoms with Crippen LogP contribution < -0.4 is 5.73 Å². The molecule has 2 aromatic heterocycles. The number of aromatic nitrogens is 3. The Labute approximate surface area is 128 Å². The number of benzene rings is 1. The predicted molar refractivity (Wildman–Crippen MR) is 85.0 cm³/mol. The van der Waals surface area contributed by atoms with Gasteiger partial charge in [-0.25, -0.2) is 9.97 Å². The van der Waals surface area contributed by atoms with Gasteiger partial charge in [-0.15, -0.1) is 11.3 Å². The lowest BCUT2D eigenvalue weighted by Gasteiger charge is -2.06. The molecule has 1 aliphatic rings. The fraction of sp³-hybridized carbons (Fsp3) is 0.286. The number of hydrogen-bond donors (Lipinski definition) is 1. The van der Waals surface area contributed by atoms with Crippen molar-refractivity contribution in [2.75, 3.05) is 5.73 Å². The standard InChI is InChI=1S/C14H13BrN4S/c15-8-1-4-12-11(5-8)18-13(19(12)10-2-3-10)6-9-7-20-14(16)17-9/h1,4-5,7,10H,2-3,6H2,(H2,16,17). The van der Waals surface area contributed by atoms with Crippen LogP contribution in [0.5, 0.6) is 0 Å². The molecule has 4 nitrogen and oxygen atoms in total. The minimum atomic E-state index is 0.604. The van der Waals surface area contributed by atoms with Crippen molar-refractivity contribution < 1.29 is 0 Å². The van der Waals surface area contributed by atoms with Crippen molar-refractivity contribution in [1.29, 1.82) is 0 Å². The van der Waals surface area contributed by atoms with Gasteiger partial charge in [-0.05, 0) is 31.0 Å². The monoisotopic (exact) mass is 348 g/mol. The molecule has 0 atom stereocenters. The second-order valence-electron chi connectivity index (χ2n) is 5.12. The summed E-state index contributed by atoms with van der Waals surface area (Å²) in [5.41, 5.74) is 8.98. The van der Waals surface area contributed by atoms with Gasteiger partial charge in [-0.1, -0.05) is 15.9 Å². The Morgan fingerprint density at radius 1 is 1.35 bits per heavy atom. The molecule has 2 heterocycles. The van der Waals surface area contributed by atoms with Gasteiger partial charge in [-0.2, -0.15) is 0 Å². The first-order valence-electron chi connectivity index (χ1n) is 6.57. The van der Waals surface area contributed by atoms with Crippen molar-refractivity contribution >= 4 is 43.4 Å². The zero-order valence-electron chi connectivity index (χ0n) is 10.7. The molecule has 0 unspecified atom stereocenters. The van der Waals surface area contributed by atoms with E-state index in [1.165, 1.54) is 29.7 Å². The number of anilines is 1. The molecule has 0 aliphatic heterocycles. The van der Waals surface area contributed by atoms with Crippen molar-refractivity contribution in [1.82, 2.24) is 14.5 Å². The number of nitrogens with two attached hydrogens (primary N) is 1. The average Bonchev–Trinajstić information content (AvgIpc) is 3.07. The highest BCUT2D eigenvalue weighted by molar-refractivity contribution is 9.10. The number of halogens is 1. The number of nitrogens with zero attached hydrogens (tertiary/aromatic N) is 3. The van der Waals surface area contributed by atoms with Crippen LogP contribution in [0.15, 0.2) is 28.1 Å². The maximum Gasteiger partial charge on any atom is 0.180 e. The average molecular weight is 349 g/mol. The van der Waals surface area contributed by atoms with Crippen LogP contribution in [0.1, 0.15) is 30.4 Å². The van der Waals surface area contributed by atoms with Gasteiger partial charge in [0.25, 0.3) is 0 Å². The molecule has 4 rings (SSSR count). The third kappa shape index (κ3) is 2.13. The summed E-state index contributed by atoms with van der Waals surface area (Å²) in [4.78, 5) is 9.14. The van der Waals surface area contributed by atoms with E-state index >= 15 is 0 Å².